The van der Waals surface area contributed by atoms with Gasteiger partial charge in [-0.1, -0.05) is 0 Å². The predicted molar refractivity (Wildman–Crippen MR) is 72.4 cm³/mol. The first-order valence-corrected chi connectivity index (χ1v) is 6.99. The summed E-state index contributed by atoms with van der Waals surface area (Å²) in [6, 6.07) is 0.611. The van der Waals surface area contributed by atoms with E-state index >= 15 is 0 Å². The first-order chi connectivity index (χ1) is 8.06. The van der Waals surface area contributed by atoms with Gasteiger partial charge in [-0.3, -0.25) is 4.90 Å². The van der Waals surface area contributed by atoms with Crippen molar-refractivity contribution in [2.24, 2.45) is 5.73 Å². The molecule has 0 aliphatic carbocycles. The Hall–Kier alpha value is -0.490. The summed E-state index contributed by atoms with van der Waals surface area (Å²) < 4.78 is 0. The van der Waals surface area contributed by atoms with Crippen LogP contribution in [0.3, 0.4) is 0 Å². The lowest BCUT2D eigenvalue weighted by molar-refractivity contribution is 0.0972. The van der Waals surface area contributed by atoms with Crippen molar-refractivity contribution in [3.05, 3.63) is 16.1 Å². The van der Waals surface area contributed by atoms with Crippen LogP contribution >= 0.6 is 11.3 Å². The number of aromatic nitrogens is 1. The Bertz CT molecular complexity index is 365. The number of hydrogen-bond acceptors (Lipinski definition) is 5. The molecule has 1 aromatic heterocycles. The molecule has 0 spiro atoms. The minimum Gasteiger partial charge on any atom is -0.326 e. The summed E-state index contributed by atoms with van der Waals surface area (Å²) in [4.78, 5) is 9.23. The molecule has 5 heteroatoms. The SMILES string of the molecule is Cc1nc(CC(N)C2CN(C)CCN2C)cs1. The van der Waals surface area contributed by atoms with Crippen molar-refractivity contribution in [3.8, 4) is 0 Å². The van der Waals surface area contributed by atoms with Crippen LogP contribution in [0, 0.1) is 6.92 Å². The molecule has 2 N–H and O–H groups in total. The molecule has 2 unspecified atom stereocenters. The predicted octanol–water partition coefficient (Wildman–Crippen LogP) is 0.567. The summed E-state index contributed by atoms with van der Waals surface area (Å²) in [7, 11) is 4.34. The molecule has 0 saturated carbocycles. The molecule has 1 aromatic rings. The van der Waals surface area contributed by atoms with E-state index in [0.29, 0.717) is 6.04 Å². The molecule has 96 valence electrons. The van der Waals surface area contributed by atoms with Crippen LogP contribution in [0.2, 0.25) is 0 Å². The number of nitrogens with two attached hydrogens (primary N) is 1. The minimum atomic E-state index is 0.171. The third kappa shape index (κ3) is 3.25. The molecule has 4 nitrogen and oxygen atoms in total. The quantitative estimate of drug-likeness (QED) is 0.856. The lowest BCUT2D eigenvalue weighted by Crippen LogP contribution is -2.58. The van der Waals surface area contributed by atoms with Gasteiger partial charge in [0.1, 0.15) is 0 Å². The van der Waals surface area contributed by atoms with Crippen molar-refractivity contribution < 1.29 is 0 Å². The van der Waals surface area contributed by atoms with Gasteiger partial charge < -0.3 is 10.6 Å². The number of rotatable bonds is 3. The van der Waals surface area contributed by atoms with Crippen molar-refractivity contribution in [1.29, 1.82) is 0 Å². The molecule has 2 rings (SSSR count). The average molecular weight is 254 g/mol. The highest BCUT2D eigenvalue weighted by atomic mass is 32.1. The zero-order valence-corrected chi connectivity index (χ0v) is 11.7. The largest absolute Gasteiger partial charge is 0.326 e. The summed E-state index contributed by atoms with van der Waals surface area (Å²) in [5, 5.41) is 3.25. The van der Waals surface area contributed by atoms with Crippen LogP contribution in [0.25, 0.3) is 0 Å². The Kier molecular flexibility index (Phi) is 4.14. The molecular formula is C12H22N4S. The van der Waals surface area contributed by atoms with Gasteiger partial charge in [-0.25, -0.2) is 4.98 Å². The normalized spacial score (nSPS) is 25.1. The van der Waals surface area contributed by atoms with E-state index in [4.69, 9.17) is 5.73 Å². The Morgan fingerprint density at radius 1 is 1.53 bits per heavy atom. The maximum Gasteiger partial charge on any atom is 0.0897 e. The van der Waals surface area contributed by atoms with E-state index in [1.54, 1.807) is 11.3 Å². The van der Waals surface area contributed by atoms with Gasteiger partial charge in [0.15, 0.2) is 0 Å². The van der Waals surface area contributed by atoms with Gasteiger partial charge in [-0.2, -0.15) is 0 Å². The second kappa shape index (κ2) is 5.44. The van der Waals surface area contributed by atoms with Crippen molar-refractivity contribution in [2.45, 2.75) is 25.4 Å². The molecule has 1 aliphatic rings. The van der Waals surface area contributed by atoms with E-state index < -0.39 is 0 Å². The smallest absolute Gasteiger partial charge is 0.0897 e. The summed E-state index contributed by atoms with van der Waals surface area (Å²) in [6.07, 6.45) is 0.882. The molecule has 0 radical (unpaired) electrons. The lowest BCUT2D eigenvalue weighted by atomic mass is 10.0. The Labute approximate surface area is 107 Å². The van der Waals surface area contributed by atoms with Crippen LogP contribution in [-0.2, 0) is 6.42 Å². The van der Waals surface area contributed by atoms with E-state index in [2.05, 4.69) is 34.3 Å². The second-order valence-corrected chi connectivity index (χ2v) is 6.10. The number of likely N-dealkylation sites (N-methyl/N-ethyl adjacent to an activating group) is 2. The Balaban J connectivity index is 1.96. The number of thiazole rings is 1. The van der Waals surface area contributed by atoms with E-state index in [1.165, 1.54) is 0 Å². The standard InChI is InChI=1S/C12H22N4S/c1-9-14-10(8-17-9)6-11(13)12-7-15(2)4-5-16(12)3/h8,11-12H,4-7,13H2,1-3H3. The third-order valence-corrected chi connectivity index (χ3v) is 4.33. The van der Waals surface area contributed by atoms with Crippen LogP contribution in [0.4, 0.5) is 0 Å². The Morgan fingerprint density at radius 3 is 2.94 bits per heavy atom. The summed E-state index contributed by atoms with van der Waals surface area (Å²) >= 11 is 1.70. The second-order valence-electron chi connectivity index (χ2n) is 5.04. The van der Waals surface area contributed by atoms with Crippen LogP contribution in [0.1, 0.15) is 10.7 Å². The number of piperazine rings is 1. The first-order valence-electron chi connectivity index (χ1n) is 6.11. The van der Waals surface area contributed by atoms with E-state index in [0.717, 1.165) is 36.8 Å². The highest BCUT2D eigenvalue weighted by molar-refractivity contribution is 7.09. The highest BCUT2D eigenvalue weighted by Gasteiger charge is 2.27. The Morgan fingerprint density at radius 2 is 2.29 bits per heavy atom. The molecule has 2 atom stereocenters. The molecule has 0 aromatic carbocycles. The van der Waals surface area contributed by atoms with Crippen LogP contribution < -0.4 is 5.73 Å². The number of aryl methyl sites for hydroxylation is 1. The minimum absolute atomic E-state index is 0.171. The molecule has 1 fully saturated rings. The van der Waals surface area contributed by atoms with Crippen molar-refractivity contribution in [2.75, 3.05) is 33.7 Å². The molecule has 0 bridgehead atoms. The van der Waals surface area contributed by atoms with Crippen LogP contribution in [0.15, 0.2) is 5.38 Å². The molecule has 1 saturated heterocycles. The van der Waals surface area contributed by atoms with Gasteiger partial charge in [-0.05, 0) is 21.0 Å². The average Bonchev–Trinajstić information content (AvgIpc) is 2.67. The van der Waals surface area contributed by atoms with E-state index in [1.807, 2.05) is 6.92 Å². The maximum atomic E-state index is 6.34. The zero-order valence-electron chi connectivity index (χ0n) is 10.9. The first kappa shape index (κ1) is 13.0. The molecule has 17 heavy (non-hydrogen) atoms. The van der Waals surface area contributed by atoms with Crippen molar-refractivity contribution in [3.63, 3.8) is 0 Å². The maximum absolute atomic E-state index is 6.34. The summed E-state index contributed by atoms with van der Waals surface area (Å²) in [6.45, 7) is 5.33. The number of hydrogen-bond donors (Lipinski definition) is 1. The van der Waals surface area contributed by atoms with Gasteiger partial charge in [0.25, 0.3) is 0 Å². The fourth-order valence-corrected chi connectivity index (χ4v) is 3.01. The van der Waals surface area contributed by atoms with Gasteiger partial charge in [0.2, 0.25) is 0 Å². The third-order valence-electron chi connectivity index (χ3n) is 3.50. The fourth-order valence-electron chi connectivity index (χ4n) is 2.39. The van der Waals surface area contributed by atoms with Crippen LogP contribution in [0.5, 0.6) is 0 Å². The van der Waals surface area contributed by atoms with Crippen molar-refractivity contribution >= 4 is 11.3 Å². The molecular weight excluding hydrogens is 232 g/mol. The zero-order chi connectivity index (χ0) is 12.4. The molecule has 1 aliphatic heterocycles. The summed E-state index contributed by atoms with van der Waals surface area (Å²) in [5.41, 5.74) is 7.48. The van der Waals surface area contributed by atoms with Gasteiger partial charge in [0, 0.05) is 43.5 Å². The van der Waals surface area contributed by atoms with Gasteiger partial charge >= 0.3 is 0 Å². The van der Waals surface area contributed by atoms with E-state index in [9.17, 15) is 0 Å². The number of nitrogens with zero attached hydrogens (tertiary/aromatic N) is 3. The lowest BCUT2D eigenvalue weighted by Gasteiger charge is -2.40. The van der Waals surface area contributed by atoms with Gasteiger partial charge in [-0.15, -0.1) is 11.3 Å². The monoisotopic (exact) mass is 254 g/mol. The van der Waals surface area contributed by atoms with Crippen LogP contribution in [-0.4, -0.2) is 60.6 Å². The van der Waals surface area contributed by atoms with E-state index in [-0.39, 0.29) is 6.04 Å². The molecule has 0 amide bonds. The fraction of sp³-hybridized carbons (Fsp3) is 0.750. The van der Waals surface area contributed by atoms with Gasteiger partial charge in [0.05, 0.1) is 10.7 Å². The topological polar surface area (TPSA) is 45.4 Å². The summed E-state index contributed by atoms with van der Waals surface area (Å²) in [5.74, 6) is 0. The van der Waals surface area contributed by atoms with Crippen molar-refractivity contribution in [1.82, 2.24) is 14.8 Å². The highest BCUT2D eigenvalue weighted by Crippen LogP contribution is 2.14. The molecule has 2 heterocycles.